The van der Waals surface area contributed by atoms with Crippen LogP contribution in [0.25, 0.3) is 0 Å². The largest absolute Gasteiger partial charge is 0.397 e. The Balaban J connectivity index is 2.16. The van der Waals surface area contributed by atoms with E-state index in [1.54, 1.807) is 6.07 Å². The number of hydrogen-bond acceptors (Lipinski definition) is 4. The Morgan fingerprint density at radius 1 is 1.45 bits per heavy atom. The highest BCUT2D eigenvalue weighted by molar-refractivity contribution is 5.96. The van der Waals surface area contributed by atoms with Crippen molar-refractivity contribution in [3.63, 3.8) is 0 Å². The van der Waals surface area contributed by atoms with Crippen molar-refractivity contribution in [3.8, 4) is 0 Å². The predicted octanol–water partition coefficient (Wildman–Crippen LogP) is 1.16. The molecule has 2 rings (SSSR count). The first-order valence-corrected chi connectivity index (χ1v) is 7.15. The van der Waals surface area contributed by atoms with E-state index < -0.39 is 0 Å². The average Bonchev–Trinajstić information content (AvgIpc) is 2.42. The Hall–Kier alpha value is -1.75. The fraction of sp³-hybridized carbons (Fsp3) is 0.533. The van der Waals surface area contributed by atoms with Crippen molar-refractivity contribution in [2.75, 3.05) is 43.9 Å². The maximum atomic E-state index is 11.8. The van der Waals surface area contributed by atoms with Crippen LogP contribution in [-0.2, 0) is 0 Å². The van der Waals surface area contributed by atoms with Crippen molar-refractivity contribution >= 4 is 17.3 Å². The van der Waals surface area contributed by atoms with Crippen molar-refractivity contribution in [3.05, 3.63) is 23.8 Å². The van der Waals surface area contributed by atoms with Gasteiger partial charge in [-0.2, -0.15) is 0 Å². The number of amides is 1. The number of nitrogens with one attached hydrogen (secondary N) is 1. The van der Waals surface area contributed by atoms with E-state index in [4.69, 9.17) is 5.73 Å². The minimum Gasteiger partial charge on any atom is -0.397 e. The molecule has 1 fully saturated rings. The van der Waals surface area contributed by atoms with Gasteiger partial charge in [-0.3, -0.25) is 4.79 Å². The fourth-order valence-electron chi connectivity index (χ4n) is 2.51. The van der Waals surface area contributed by atoms with Crippen molar-refractivity contribution in [1.29, 1.82) is 0 Å². The first-order chi connectivity index (χ1) is 9.52. The first kappa shape index (κ1) is 14.7. The smallest absolute Gasteiger partial charge is 0.251 e. The Morgan fingerprint density at radius 3 is 2.80 bits per heavy atom. The number of rotatable bonds is 3. The Bertz CT molecular complexity index is 489. The lowest BCUT2D eigenvalue weighted by molar-refractivity contribution is 0.0956. The van der Waals surface area contributed by atoms with Crippen LogP contribution in [0.4, 0.5) is 11.4 Å². The number of nitrogen functional groups attached to an aromatic ring is 1. The monoisotopic (exact) mass is 276 g/mol. The second kappa shape index (κ2) is 6.13. The molecule has 0 spiro atoms. The van der Waals surface area contributed by atoms with Gasteiger partial charge in [0.15, 0.2) is 0 Å². The third kappa shape index (κ3) is 3.04. The topological polar surface area (TPSA) is 61.6 Å². The second-order valence-electron chi connectivity index (χ2n) is 5.41. The molecule has 5 heteroatoms. The summed E-state index contributed by atoms with van der Waals surface area (Å²) in [6.07, 6.45) is 0. The molecule has 0 saturated carbocycles. The molecule has 0 radical (unpaired) electrons. The summed E-state index contributed by atoms with van der Waals surface area (Å²) in [4.78, 5) is 16.4. The van der Waals surface area contributed by atoms with Crippen LogP contribution in [0, 0.1) is 0 Å². The van der Waals surface area contributed by atoms with E-state index in [0.717, 1.165) is 25.3 Å². The molecular formula is C15H24N4O. The Labute approximate surface area is 120 Å². The van der Waals surface area contributed by atoms with Crippen LogP contribution in [0.5, 0.6) is 0 Å². The first-order valence-electron chi connectivity index (χ1n) is 7.15. The van der Waals surface area contributed by atoms with Crippen LogP contribution < -0.4 is 16.0 Å². The van der Waals surface area contributed by atoms with E-state index in [0.29, 0.717) is 23.8 Å². The zero-order valence-electron chi connectivity index (χ0n) is 12.5. The summed E-state index contributed by atoms with van der Waals surface area (Å²) in [6, 6.07) is 6.08. The number of carbonyl (C=O) groups excluding carboxylic acids is 1. The van der Waals surface area contributed by atoms with Gasteiger partial charge in [0.1, 0.15) is 0 Å². The molecule has 0 aromatic heterocycles. The lowest BCUT2D eigenvalue weighted by Crippen LogP contribution is -2.50. The minimum atomic E-state index is -0.0718. The van der Waals surface area contributed by atoms with Crippen LogP contribution in [0.2, 0.25) is 0 Å². The van der Waals surface area contributed by atoms with Gasteiger partial charge in [-0.15, -0.1) is 0 Å². The summed E-state index contributed by atoms with van der Waals surface area (Å²) in [5.41, 5.74) is 8.45. The summed E-state index contributed by atoms with van der Waals surface area (Å²) in [5, 5.41) is 2.79. The van der Waals surface area contributed by atoms with Gasteiger partial charge in [0.25, 0.3) is 5.91 Å². The highest BCUT2D eigenvalue weighted by Gasteiger charge is 2.22. The average molecular weight is 276 g/mol. The zero-order chi connectivity index (χ0) is 14.7. The molecule has 1 amide bonds. The minimum absolute atomic E-state index is 0.0718. The maximum absolute atomic E-state index is 11.8. The van der Waals surface area contributed by atoms with E-state index in [1.165, 1.54) is 0 Å². The van der Waals surface area contributed by atoms with Gasteiger partial charge in [-0.1, -0.05) is 0 Å². The van der Waals surface area contributed by atoms with Crippen molar-refractivity contribution < 1.29 is 4.79 Å². The van der Waals surface area contributed by atoms with Crippen molar-refractivity contribution in [1.82, 2.24) is 10.2 Å². The van der Waals surface area contributed by atoms with Crippen LogP contribution in [0.15, 0.2) is 18.2 Å². The number of hydrogen-bond donors (Lipinski definition) is 2. The molecule has 1 unspecified atom stereocenters. The maximum Gasteiger partial charge on any atom is 0.251 e. The van der Waals surface area contributed by atoms with Crippen molar-refractivity contribution in [2.24, 2.45) is 0 Å². The van der Waals surface area contributed by atoms with E-state index in [1.807, 2.05) is 19.1 Å². The van der Waals surface area contributed by atoms with Gasteiger partial charge in [0.05, 0.1) is 11.4 Å². The number of benzene rings is 1. The number of piperazine rings is 1. The third-order valence-corrected chi connectivity index (χ3v) is 3.93. The molecule has 3 N–H and O–H groups in total. The van der Waals surface area contributed by atoms with E-state index in [9.17, 15) is 4.79 Å². The quantitative estimate of drug-likeness (QED) is 0.813. The summed E-state index contributed by atoms with van der Waals surface area (Å²) < 4.78 is 0. The molecule has 20 heavy (non-hydrogen) atoms. The Kier molecular flexibility index (Phi) is 4.49. The van der Waals surface area contributed by atoms with Gasteiger partial charge in [0, 0.05) is 37.8 Å². The molecule has 5 nitrogen and oxygen atoms in total. The van der Waals surface area contributed by atoms with Gasteiger partial charge in [-0.05, 0) is 39.1 Å². The van der Waals surface area contributed by atoms with Gasteiger partial charge in [0.2, 0.25) is 0 Å². The van der Waals surface area contributed by atoms with Crippen molar-refractivity contribution in [2.45, 2.75) is 19.9 Å². The molecular weight excluding hydrogens is 252 g/mol. The number of nitrogens with zero attached hydrogens (tertiary/aromatic N) is 2. The second-order valence-corrected chi connectivity index (χ2v) is 5.41. The SMILES string of the molecule is CCNC(=O)c1ccc(N2CCN(C)C(C)C2)c(N)c1. The molecule has 1 aromatic carbocycles. The summed E-state index contributed by atoms with van der Waals surface area (Å²) in [6.45, 7) is 7.69. The van der Waals surface area contributed by atoms with Crippen LogP contribution in [0.1, 0.15) is 24.2 Å². The number of carbonyl (C=O) groups is 1. The molecule has 110 valence electrons. The summed E-state index contributed by atoms with van der Waals surface area (Å²) >= 11 is 0. The highest BCUT2D eigenvalue weighted by Crippen LogP contribution is 2.26. The van der Waals surface area contributed by atoms with E-state index in [-0.39, 0.29) is 5.91 Å². The lowest BCUT2D eigenvalue weighted by atomic mass is 10.1. The van der Waals surface area contributed by atoms with Crippen LogP contribution in [0.3, 0.4) is 0 Å². The Morgan fingerprint density at radius 2 is 2.20 bits per heavy atom. The van der Waals surface area contributed by atoms with Gasteiger partial charge < -0.3 is 20.9 Å². The predicted molar refractivity (Wildman–Crippen MR) is 83.2 cm³/mol. The van der Waals surface area contributed by atoms with Gasteiger partial charge in [-0.25, -0.2) is 0 Å². The van der Waals surface area contributed by atoms with E-state index in [2.05, 4.69) is 29.1 Å². The third-order valence-electron chi connectivity index (χ3n) is 3.93. The summed E-state index contributed by atoms with van der Waals surface area (Å²) in [5.74, 6) is -0.0718. The van der Waals surface area contributed by atoms with Crippen LogP contribution >= 0.6 is 0 Å². The molecule has 0 aliphatic carbocycles. The number of anilines is 2. The molecule has 1 aliphatic rings. The molecule has 1 heterocycles. The molecule has 1 atom stereocenters. The number of nitrogens with two attached hydrogens (primary N) is 1. The molecule has 1 aliphatic heterocycles. The zero-order valence-corrected chi connectivity index (χ0v) is 12.5. The number of likely N-dealkylation sites (N-methyl/N-ethyl adjacent to an activating group) is 1. The van der Waals surface area contributed by atoms with E-state index >= 15 is 0 Å². The highest BCUT2D eigenvalue weighted by atomic mass is 16.1. The van der Waals surface area contributed by atoms with Crippen LogP contribution in [-0.4, -0.2) is 50.1 Å². The normalized spacial score (nSPS) is 19.9. The molecule has 0 bridgehead atoms. The molecule has 1 saturated heterocycles. The molecule has 1 aromatic rings. The lowest BCUT2D eigenvalue weighted by Gasteiger charge is -2.39. The standard InChI is InChI=1S/C15H24N4O/c1-4-17-15(20)12-5-6-14(13(16)9-12)19-8-7-18(3)11(2)10-19/h5-6,9,11H,4,7-8,10,16H2,1-3H3,(H,17,20). The van der Waals surface area contributed by atoms with Gasteiger partial charge >= 0.3 is 0 Å². The fourth-order valence-corrected chi connectivity index (χ4v) is 2.51. The summed E-state index contributed by atoms with van der Waals surface area (Å²) in [7, 11) is 2.14.